The lowest BCUT2D eigenvalue weighted by Crippen LogP contribution is -2.48. The number of amides is 1. The molecule has 4 aromatic rings. The number of nitrogens with zero attached hydrogens (tertiary/aromatic N) is 1. The molecule has 2 aliphatic heterocycles. The Morgan fingerprint density at radius 2 is 1.57 bits per heavy atom. The zero-order chi connectivity index (χ0) is 36.4. The number of alkyl halides is 3. The lowest BCUT2D eigenvalue weighted by molar-refractivity contribution is -0.204. The first-order valence-corrected chi connectivity index (χ1v) is 15.6. The second kappa shape index (κ2) is 14.1. The van der Waals surface area contributed by atoms with Gasteiger partial charge in [-0.05, 0) is 41.0 Å². The standard InChI is InChI=1S/C36H32F3N3O9/c1-47-26-14-10-24(11-15-26)35(23-8-4-3-5-9-23,25-12-16-27(48-2)17-13-25)50-21-34-20-49-28(29(34)43)31(51-34)42-19-22(30(44)41-33(42)46)7-6-18-40-32(45)36(37,38)39/h3-5,8-17,19,28-29,31,43H,18,20-21H2,1-2H3,(H,40,45)(H,41,44,46)/t28-,29+,31-,34-/m1/s1. The number of methoxy groups -OCH3 is 2. The second-order valence-electron chi connectivity index (χ2n) is 11.8. The van der Waals surface area contributed by atoms with E-state index >= 15 is 0 Å². The van der Waals surface area contributed by atoms with E-state index in [0.717, 1.165) is 27.5 Å². The molecule has 12 nitrogen and oxygen atoms in total. The third kappa shape index (κ3) is 6.74. The fraction of sp³-hybridized carbons (Fsp3) is 0.306. The van der Waals surface area contributed by atoms with Crippen molar-refractivity contribution >= 4 is 5.91 Å². The molecule has 0 radical (unpaired) electrons. The molecule has 15 heteroatoms. The summed E-state index contributed by atoms with van der Waals surface area (Å²) in [6, 6.07) is 24.1. The molecule has 3 N–H and O–H groups in total. The average Bonchev–Trinajstić information content (AvgIpc) is 3.59. The van der Waals surface area contributed by atoms with Gasteiger partial charge in [0.25, 0.3) is 5.56 Å². The van der Waals surface area contributed by atoms with Crippen LogP contribution in [0.15, 0.2) is 94.6 Å². The van der Waals surface area contributed by atoms with Crippen LogP contribution in [-0.4, -0.2) is 78.5 Å². The molecule has 2 fully saturated rings. The van der Waals surface area contributed by atoms with Crippen LogP contribution in [0.2, 0.25) is 0 Å². The molecule has 3 aromatic carbocycles. The molecule has 2 bridgehead atoms. The number of nitrogens with one attached hydrogen (secondary N) is 2. The minimum Gasteiger partial charge on any atom is -0.497 e. The maximum absolute atomic E-state index is 13.0. The highest BCUT2D eigenvalue weighted by Crippen LogP contribution is 2.48. The third-order valence-electron chi connectivity index (χ3n) is 8.77. The van der Waals surface area contributed by atoms with Crippen LogP contribution in [0.4, 0.5) is 13.2 Å². The summed E-state index contributed by atoms with van der Waals surface area (Å²) >= 11 is 0. The number of aliphatic hydroxyl groups excluding tert-OH is 1. The van der Waals surface area contributed by atoms with Crippen LogP contribution in [0, 0.1) is 11.8 Å². The van der Waals surface area contributed by atoms with Gasteiger partial charge in [0.2, 0.25) is 0 Å². The van der Waals surface area contributed by atoms with Crippen molar-refractivity contribution in [1.82, 2.24) is 14.9 Å². The SMILES string of the molecule is COc1ccc(C(OC[C@@]23CO[C@@H]([C@H](n4cc(C#CCNC(=O)C(F)(F)F)c(=O)[nH]c4=O)O2)[C@@H]3O)(c2ccccc2)c2ccc(OC)cc2)cc1. The number of carbonyl (C=O) groups is 1. The van der Waals surface area contributed by atoms with Crippen LogP contribution in [0.5, 0.6) is 11.5 Å². The van der Waals surface area contributed by atoms with E-state index in [1.807, 2.05) is 54.6 Å². The van der Waals surface area contributed by atoms with Gasteiger partial charge >= 0.3 is 17.8 Å². The van der Waals surface area contributed by atoms with Gasteiger partial charge in [0.05, 0.1) is 34.0 Å². The van der Waals surface area contributed by atoms with E-state index in [1.165, 1.54) is 0 Å². The molecule has 2 saturated heterocycles. The number of aromatic nitrogens is 2. The van der Waals surface area contributed by atoms with Gasteiger partial charge in [-0.25, -0.2) is 4.79 Å². The summed E-state index contributed by atoms with van der Waals surface area (Å²) in [7, 11) is 3.12. The molecule has 6 rings (SSSR count). The van der Waals surface area contributed by atoms with E-state index in [2.05, 4.69) is 16.8 Å². The van der Waals surface area contributed by atoms with Crippen LogP contribution >= 0.6 is 0 Å². The molecular weight excluding hydrogens is 675 g/mol. The highest BCUT2D eigenvalue weighted by Gasteiger charge is 2.63. The van der Waals surface area contributed by atoms with Crippen LogP contribution in [0.25, 0.3) is 0 Å². The number of benzene rings is 3. The molecule has 266 valence electrons. The molecule has 3 heterocycles. The number of ether oxygens (including phenoxy) is 5. The lowest BCUT2D eigenvalue weighted by Gasteiger charge is -2.39. The van der Waals surface area contributed by atoms with Gasteiger partial charge < -0.3 is 34.1 Å². The van der Waals surface area contributed by atoms with Crippen molar-refractivity contribution in [2.75, 3.05) is 34.0 Å². The van der Waals surface area contributed by atoms with E-state index in [9.17, 15) is 32.7 Å². The van der Waals surface area contributed by atoms with E-state index in [1.54, 1.807) is 43.8 Å². The van der Waals surface area contributed by atoms with Gasteiger partial charge in [0.15, 0.2) is 6.23 Å². The van der Waals surface area contributed by atoms with E-state index in [4.69, 9.17) is 23.7 Å². The van der Waals surface area contributed by atoms with E-state index in [0.29, 0.717) is 11.5 Å². The predicted octanol–water partition coefficient (Wildman–Crippen LogP) is 2.62. The molecule has 0 saturated carbocycles. The van der Waals surface area contributed by atoms with Gasteiger partial charge in [0, 0.05) is 6.20 Å². The maximum atomic E-state index is 13.0. The van der Waals surface area contributed by atoms with Crippen molar-refractivity contribution in [2.24, 2.45) is 0 Å². The minimum absolute atomic E-state index is 0.102. The molecule has 0 aliphatic carbocycles. The summed E-state index contributed by atoms with van der Waals surface area (Å²) < 4.78 is 68.5. The van der Waals surface area contributed by atoms with E-state index < -0.39 is 59.5 Å². The Labute approximate surface area is 288 Å². The predicted molar refractivity (Wildman–Crippen MR) is 174 cm³/mol. The summed E-state index contributed by atoms with van der Waals surface area (Å²) in [6.07, 6.45) is -7.67. The van der Waals surface area contributed by atoms with E-state index in [-0.39, 0.29) is 18.8 Å². The maximum Gasteiger partial charge on any atom is 0.471 e. The highest BCUT2D eigenvalue weighted by molar-refractivity contribution is 5.81. The fourth-order valence-electron chi connectivity index (χ4n) is 6.17. The van der Waals surface area contributed by atoms with Crippen molar-refractivity contribution in [3.05, 3.63) is 128 Å². The van der Waals surface area contributed by atoms with Gasteiger partial charge in [-0.3, -0.25) is 19.1 Å². The topological polar surface area (TPSA) is 150 Å². The number of aromatic amines is 1. The van der Waals surface area contributed by atoms with Crippen LogP contribution in [-0.2, 0) is 24.6 Å². The van der Waals surface area contributed by atoms with Gasteiger partial charge in [0.1, 0.15) is 40.5 Å². The van der Waals surface area contributed by atoms with Crippen molar-refractivity contribution < 1.29 is 46.8 Å². The Morgan fingerprint density at radius 3 is 2.14 bits per heavy atom. The van der Waals surface area contributed by atoms with Crippen LogP contribution < -0.4 is 26.0 Å². The smallest absolute Gasteiger partial charge is 0.471 e. The Balaban J connectivity index is 1.34. The summed E-state index contributed by atoms with van der Waals surface area (Å²) in [6.45, 7) is -1.06. The minimum atomic E-state index is -5.10. The first-order chi connectivity index (χ1) is 24.4. The normalized spacial score (nSPS) is 21.1. The average molecular weight is 708 g/mol. The summed E-state index contributed by atoms with van der Waals surface area (Å²) in [5.74, 6) is 3.67. The highest BCUT2D eigenvalue weighted by atomic mass is 19.4. The molecular formula is C36H32F3N3O9. The molecule has 1 aromatic heterocycles. The first-order valence-electron chi connectivity index (χ1n) is 15.6. The molecule has 51 heavy (non-hydrogen) atoms. The number of H-pyrrole nitrogens is 1. The van der Waals surface area contributed by atoms with Gasteiger partial charge in [-0.2, -0.15) is 13.2 Å². The molecule has 0 unspecified atom stereocenters. The zero-order valence-electron chi connectivity index (χ0n) is 27.2. The quantitative estimate of drug-likeness (QED) is 0.167. The number of rotatable bonds is 10. The monoisotopic (exact) mass is 707 g/mol. The number of carbonyl (C=O) groups excluding carboxylic acids is 1. The number of fused-ring (bicyclic) bond motifs is 2. The van der Waals surface area contributed by atoms with Gasteiger partial charge in [-0.15, -0.1) is 0 Å². The first kappa shape index (κ1) is 35.4. The summed E-state index contributed by atoms with van der Waals surface area (Å²) in [5, 5.41) is 13.1. The van der Waals surface area contributed by atoms with Crippen LogP contribution in [0.1, 0.15) is 28.5 Å². The second-order valence-corrected chi connectivity index (χ2v) is 11.8. The molecule has 2 aliphatic rings. The summed E-state index contributed by atoms with van der Waals surface area (Å²) in [4.78, 5) is 38.6. The van der Waals surface area contributed by atoms with Crippen molar-refractivity contribution in [2.45, 2.75) is 35.8 Å². The molecule has 4 atom stereocenters. The van der Waals surface area contributed by atoms with Crippen LogP contribution in [0.3, 0.4) is 0 Å². The zero-order valence-corrected chi connectivity index (χ0v) is 27.2. The Kier molecular flexibility index (Phi) is 9.78. The van der Waals surface area contributed by atoms with Crippen molar-refractivity contribution in [1.29, 1.82) is 0 Å². The Hall–Kier alpha value is -5.40. The number of halogens is 3. The molecule has 0 spiro atoms. The fourth-order valence-corrected chi connectivity index (χ4v) is 6.17. The Morgan fingerprint density at radius 1 is 0.980 bits per heavy atom. The largest absolute Gasteiger partial charge is 0.497 e. The van der Waals surface area contributed by atoms with Crippen molar-refractivity contribution in [3.8, 4) is 23.3 Å². The number of hydrogen-bond acceptors (Lipinski definition) is 9. The van der Waals surface area contributed by atoms with Gasteiger partial charge in [-0.1, -0.05) is 66.4 Å². The third-order valence-corrected chi connectivity index (χ3v) is 8.77. The number of hydrogen-bond donors (Lipinski definition) is 3. The van der Waals surface area contributed by atoms with Crippen molar-refractivity contribution in [3.63, 3.8) is 0 Å². The molecule has 1 amide bonds. The lowest BCUT2D eigenvalue weighted by atomic mass is 9.79. The number of aliphatic hydroxyl groups is 1. The summed E-state index contributed by atoms with van der Waals surface area (Å²) in [5.41, 5.74) is -2.68. The Bertz CT molecular complexity index is 2010.